The standard InChI is InChI=1S/C16H14BrCl2F/c17-10-12(7-11-3-1-4-13(20)8-11)9-14-15(18)5-2-6-16(14)19/h1-6,8,12H,7,9-10H2. The average molecular weight is 376 g/mol. The highest BCUT2D eigenvalue weighted by atomic mass is 79.9. The van der Waals surface area contributed by atoms with Crippen LogP contribution in [0.4, 0.5) is 4.39 Å². The van der Waals surface area contributed by atoms with Gasteiger partial charge >= 0.3 is 0 Å². The molecule has 2 rings (SSSR count). The molecule has 0 amide bonds. The first-order valence-electron chi connectivity index (χ1n) is 6.33. The second-order valence-electron chi connectivity index (χ2n) is 4.76. The van der Waals surface area contributed by atoms with Crippen LogP contribution in [0.3, 0.4) is 0 Å². The Morgan fingerprint density at radius 1 is 1.00 bits per heavy atom. The molecule has 0 N–H and O–H groups in total. The van der Waals surface area contributed by atoms with Crippen molar-refractivity contribution in [2.75, 3.05) is 5.33 Å². The third-order valence-corrected chi connectivity index (χ3v) is 4.81. The summed E-state index contributed by atoms with van der Waals surface area (Å²) in [7, 11) is 0. The lowest BCUT2D eigenvalue weighted by Crippen LogP contribution is -2.11. The van der Waals surface area contributed by atoms with Crippen molar-refractivity contribution in [3.8, 4) is 0 Å². The van der Waals surface area contributed by atoms with Crippen LogP contribution in [0.5, 0.6) is 0 Å². The van der Waals surface area contributed by atoms with Gasteiger partial charge in [-0.3, -0.25) is 0 Å². The fourth-order valence-electron chi connectivity index (χ4n) is 2.19. The van der Waals surface area contributed by atoms with E-state index in [2.05, 4.69) is 15.9 Å². The summed E-state index contributed by atoms with van der Waals surface area (Å²) in [6.07, 6.45) is 1.55. The maximum atomic E-state index is 13.2. The van der Waals surface area contributed by atoms with Crippen molar-refractivity contribution < 1.29 is 4.39 Å². The number of hydrogen-bond acceptors (Lipinski definition) is 0. The molecular formula is C16H14BrCl2F. The first kappa shape index (κ1) is 15.8. The van der Waals surface area contributed by atoms with Gasteiger partial charge in [0.15, 0.2) is 0 Å². The molecule has 0 saturated carbocycles. The van der Waals surface area contributed by atoms with Gasteiger partial charge < -0.3 is 0 Å². The lowest BCUT2D eigenvalue weighted by atomic mass is 9.94. The number of benzene rings is 2. The van der Waals surface area contributed by atoms with Gasteiger partial charge in [-0.2, -0.15) is 0 Å². The highest BCUT2D eigenvalue weighted by Crippen LogP contribution is 2.28. The minimum absolute atomic E-state index is 0.202. The maximum absolute atomic E-state index is 13.2. The summed E-state index contributed by atoms with van der Waals surface area (Å²) < 4.78 is 13.2. The van der Waals surface area contributed by atoms with Crippen LogP contribution in [0.2, 0.25) is 10.0 Å². The van der Waals surface area contributed by atoms with E-state index in [4.69, 9.17) is 23.2 Å². The largest absolute Gasteiger partial charge is 0.207 e. The van der Waals surface area contributed by atoms with Crippen molar-refractivity contribution in [2.45, 2.75) is 12.8 Å². The Kier molecular flexibility index (Phi) is 5.88. The number of rotatable bonds is 5. The Bertz CT molecular complexity index is 566. The van der Waals surface area contributed by atoms with Crippen LogP contribution >= 0.6 is 39.1 Å². The third kappa shape index (κ3) is 4.21. The molecule has 0 aromatic heterocycles. The molecule has 0 nitrogen and oxygen atoms in total. The molecule has 0 radical (unpaired) electrons. The molecule has 0 saturated heterocycles. The Morgan fingerprint density at radius 2 is 1.65 bits per heavy atom. The second kappa shape index (κ2) is 7.44. The first-order valence-corrected chi connectivity index (χ1v) is 8.21. The molecule has 2 aromatic rings. The van der Waals surface area contributed by atoms with E-state index in [0.29, 0.717) is 16.0 Å². The zero-order chi connectivity index (χ0) is 14.5. The molecule has 106 valence electrons. The smallest absolute Gasteiger partial charge is 0.123 e. The van der Waals surface area contributed by atoms with Gasteiger partial charge in [-0.25, -0.2) is 4.39 Å². The minimum Gasteiger partial charge on any atom is -0.207 e. The molecule has 4 heteroatoms. The van der Waals surface area contributed by atoms with Crippen LogP contribution < -0.4 is 0 Å². The monoisotopic (exact) mass is 374 g/mol. The van der Waals surface area contributed by atoms with E-state index in [9.17, 15) is 4.39 Å². The predicted molar refractivity (Wildman–Crippen MR) is 87.6 cm³/mol. The van der Waals surface area contributed by atoms with Crippen molar-refractivity contribution in [2.24, 2.45) is 5.92 Å². The van der Waals surface area contributed by atoms with Gasteiger partial charge in [0.2, 0.25) is 0 Å². The van der Waals surface area contributed by atoms with Crippen molar-refractivity contribution in [3.05, 3.63) is 69.5 Å². The van der Waals surface area contributed by atoms with Gasteiger partial charge in [0, 0.05) is 15.4 Å². The summed E-state index contributed by atoms with van der Waals surface area (Å²) in [4.78, 5) is 0. The summed E-state index contributed by atoms with van der Waals surface area (Å²) in [5.41, 5.74) is 1.94. The summed E-state index contributed by atoms with van der Waals surface area (Å²) in [6, 6.07) is 12.2. The van der Waals surface area contributed by atoms with Crippen molar-refractivity contribution in [1.82, 2.24) is 0 Å². The quantitative estimate of drug-likeness (QED) is 0.568. The van der Waals surface area contributed by atoms with Crippen LogP contribution in [0.15, 0.2) is 42.5 Å². The Hall–Kier alpha value is -0.570. The van der Waals surface area contributed by atoms with Gasteiger partial charge in [-0.1, -0.05) is 57.3 Å². The molecule has 2 aromatic carbocycles. The zero-order valence-electron chi connectivity index (χ0n) is 10.8. The van der Waals surface area contributed by atoms with Crippen LogP contribution in [-0.4, -0.2) is 5.33 Å². The Labute approximate surface area is 137 Å². The van der Waals surface area contributed by atoms with E-state index in [0.717, 1.165) is 29.3 Å². The normalized spacial score (nSPS) is 12.4. The fourth-order valence-corrected chi connectivity index (χ4v) is 3.20. The number of halogens is 4. The topological polar surface area (TPSA) is 0 Å². The lowest BCUT2D eigenvalue weighted by molar-refractivity contribution is 0.582. The average Bonchev–Trinajstić information content (AvgIpc) is 2.42. The molecule has 0 heterocycles. The van der Waals surface area contributed by atoms with Gasteiger partial charge in [0.1, 0.15) is 5.82 Å². The molecule has 0 aliphatic rings. The Morgan fingerprint density at radius 3 is 2.25 bits per heavy atom. The highest BCUT2D eigenvalue weighted by molar-refractivity contribution is 9.09. The van der Waals surface area contributed by atoms with Crippen molar-refractivity contribution in [1.29, 1.82) is 0 Å². The highest BCUT2D eigenvalue weighted by Gasteiger charge is 2.14. The summed E-state index contributed by atoms with van der Waals surface area (Å²) >= 11 is 15.9. The predicted octanol–water partition coefficient (Wildman–Crippen LogP) is 5.93. The van der Waals surface area contributed by atoms with E-state index in [1.807, 2.05) is 24.3 Å². The van der Waals surface area contributed by atoms with E-state index in [-0.39, 0.29) is 5.82 Å². The Balaban J connectivity index is 2.13. The molecule has 0 spiro atoms. The number of hydrogen-bond donors (Lipinski definition) is 0. The van der Waals surface area contributed by atoms with Crippen LogP contribution in [-0.2, 0) is 12.8 Å². The van der Waals surface area contributed by atoms with Gasteiger partial charge in [-0.15, -0.1) is 0 Å². The van der Waals surface area contributed by atoms with Crippen molar-refractivity contribution >= 4 is 39.1 Å². The van der Waals surface area contributed by atoms with Gasteiger partial charge in [0.05, 0.1) is 0 Å². The fraction of sp³-hybridized carbons (Fsp3) is 0.250. The number of alkyl halides is 1. The van der Waals surface area contributed by atoms with E-state index in [1.165, 1.54) is 6.07 Å². The molecule has 1 unspecified atom stereocenters. The van der Waals surface area contributed by atoms with E-state index < -0.39 is 0 Å². The molecule has 0 aliphatic carbocycles. The first-order chi connectivity index (χ1) is 9.60. The van der Waals surface area contributed by atoms with Gasteiger partial charge in [0.25, 0.3) is 0 Å². The SMILES string of the molecule is Fc1cccc(CC(CBr)Cc2c(Cl)cccc2Cl)c1. The third-order valence-electron chi connectivity index (χ3n) is 3.19. The van der Waals surface area contributed by atoms with Crippen molar-refractivity contribution in [3.63, 3.8) is 0 Å². The summed E-state index contributed by atoms with van der Waals surface area (Å²) in [6.45, 7) is 0. The lowest BCUT2D eigenvalue weighted by Gasteiger charge is -2.16. The minimum atomic E-state index is -0.202. The van der Waals surface area contributed by atoms with Crippen LogP contribution in [0.1, 0.15) is 11.1 Å². The van der Waals surface area contributed by atoms with E-state index in [1.54, 1.807) is 12.1 Å². The van der Waals surface area contributed by atoms with Gasteiger partial charge in [-0.05, 0) is 54.2 Å². The van der Waals surface area contributed by atoms with Crippen LogP contribution in [0.25, 0.3) is 0 Å². The molecule has 0 fully saturated rings. The summed E-state index contributed by atoms with van der Waals surface area (Å²) in [5.74, 6) is 0.112. The second-order valence-corrected chi connectivity index (χ2v) is 6.22. The van der Waals surface area contributed by atoms with E-state index >= 15 is 0 Å². The molecule has 20 heavy (non-hydrogen) atoms. The molecule has 1 atom stereocenters. The molecule has 0 bridgehead atoms. The molecule has 0 aliphatic heterocycles. The summed E-state index contributed by atoms with van der Waals surface area (Å²) in [5, 5.41) is 2.18. The maximum Gasteiger partial charge on any atom is 0.123 e. The van der Waals surface area contributed by atoms with Crippen LogP contribution in [0, 0.1) is 11.7 Å². The molecular weight excluding hydrogens is 362 g/mol. The zero-order valence-corrected chi connectivity index (χ0v) is 13.8.